The monoisotopic (exact) mass is 494 g/mol. The maximum Gasteiger partial charge on any atom is 0.296 e. The Balaban J connectivity index is 1.86. The average molecular weight is 495 g/mol. The molecular formula is C25H23BrN2O4. The summed E-state index contributed by atoms with van der Waals surface area (Å²) in [6.45, 7) is 2.02. The van der Waals surface area contributed by atoms with E-state index < -0.39 is 17.7 Å². The standard InChI is InChI=1S/C25H23BrN2O4/c1-15-13-17(8-11-20(15)26)23(29)21-22(16-6-9-18(10-7-16)27(2)3)28(25(31)24(21)30)14-19-5-4-12-32-19/h4-13,22,29H,14H2,1-3H3/b23-21-. The zero-order valence-electron chi connectivity index (χ0n) is 18.0. The summed E-state index contributed by atoms with van der Waals surface area (Å²) in [6, 6.07) is 15.7. The van der Waals surface area contributed by atoms with Crippen LogP contribution in [0.2, 0.25) is 0 Å². The van der Waals surface area contributed by atoms with E-state index in [-0.39, 0.29) is 17.9 Å². The lowest BCUT2D eigenvalue weighted by atomic mass is 9.94. The molecule has 164 valence electrons. The Morgan fingerprint density at radius 2 is 1.84 bits per heavy atom. The van der Waals surface area contributed by atoms with E-state index in [9.17, 15) is 14.7 Å². The van der Waals surface area contributed by atoms with Gasteiger partial charge in [0.25, 0.3) is 11.7 Å². The number of benzene rings is 2. The SMILES string of the molecule is Cc1cc(/C(O)=C2/C(=O)C(=O)N(Cc3ccco3)C2c2ccc(N(C)C)cc2)ccc1Br. The number of aliphatic hydroxyl groups excluding tert-OH is 1. The highest BCUT2D eigenvalue weighted by atomic mass is 79.9. The minimum atomic E-state index is -0.736. The van der Waals surface area contributed by atoms with Crippen LogP contribution in [0.15, 0.2) is 75.3 Å². The van der Waals surface area contributed by atoms with Gasteiger partial charge in [-0.1, -0.05) is 34.1 Å². The van der Waals surface area contributed by atoms with Crippen molar-refractivity contribution in [2.24, 2.45) is 0 Å². The predicted octanol–water partition coefficient (Wildman–Crippen LogP) is 5.04. The molecule has 1 aliphatic rings. The number of halogens is 1. The number of carbonyl (C=O) groups excluding carboxylic acids is 2. The van der Waals surface area contributed by atoms with Crippen LogP contribution in [0.1, 0.15) is 28.5 Å². The molecule has 0 saturated carbocycles. The highest BCUT2D eigenvalue weighted by molar-refractivity contribution is 9.10. The van der Waals surface area contributed by atoms with Gasteiger partial charge in [-0.05, 0) is 54.4 Å². The third kappa shape index (κ3) is 3.96. The summed E-state index contributed by atoms with van der Waals surface area (Å²) in [6.07, 6.45) is 1.53. The number of ketones is 1. The molecule has 2 heterocycles. The molecule has 7 heteroatoms. The number of Topliss-reactive ketones (excluding diaryl/α,β-unsaturated/α-hetero) is 1. The number of amides is 1. The molecule has 0 spiro atoms. The fourth-order valence-corrected chi connectivity index (χ4v) is 4.11. The van der Waals surface area contributed by atoms with Crippen LogP contribution in [0, 0.1) is 6.92 Å². The third-order valence-corrected chi connectivity index (χ3v) is 6.49. The number of carbonyl (C=O) groups is 2. The number of likely N-dealkylation sites (tertiary alicyclic amines) is 1. The quantitative estimate of drug-likeness (QED) is 0.305. The number of anilines is 1. The normalized spacial score (nSPS) is 17.8. The summed E-state index contributed by atoms with van der Waals surface area (Å²) in [5.41, 5.74) is 3.18. The van der Waals surface area contributed by atoms with E-state index in [2.05, 4.69) is 15.9 Å². The van der Waals surface area contributed by atoms with Gasteiger partial charge < -0.3 is 19.3 Å². The number of furan rings is 1. The Labute approximate surface area is 194 Å². The number of nitrogens with zero attached hydrogens (tertiary/aromatic N) is 2. The van der Waals surface area contributed by atoms with Crippen molar-refractivity contribution in [3.63, 3.8) is 0 Å². The first-order valence-electron chi connectivity index (χ1n) is 10.1. The van der Waals surface area contributed by atoms with Crippen molar-refractivity contribution in [1.82, 2.24) is 4.90 Å². The second-order valence-electron chi connectivity index (χ2n) is 7.96. The van der Waals surface area contributed by atoms with Gasteiger partial charge in [0.15, 0.2) is 0 Å². The van der Waals surface area contributed by atoms with Crippen LogP contribution in [-0.2, 0) is 16.1 Å². The van der Waals surface area contributed by atoms with Crippen molar-refractivity contribution in [1.29, 1.82) is 0 Å². The summed E-state index contributed by atoms with van der Waals surface area (Å²) < 4.78 is 6.32. The van der Waals surface area contributed by atoms with Gasteiger partial charge in [-0.25, -0.2) is 0 Å². The van der Waals surface area contributed by atoms with E-state index in [0.717, 1.165) is 21.3 Å². The molecule has 1 amide bonds. The Morgan fingerprint density at radius 1 is 1.12 bits per heavy atom. The first-order valence-corrected chi connectivity index (χ1v) is 10.9. The summed E-state index contributed by atoms with van der Waals surface area (Å²) in [4.78, 5) is 29.6. The van der Waals surface area contributed by atoms with E-state index in [1.165, 1.54) is 11.2 Å². The van der Waals surface area contributed by atoms with E-state index >= 15 is 0 Å². The van der Waals surface area contributed by atoms with Gasteiger partial charge in [0.2, 0.25) is 0 Å². The number of hydrogen-bond acceptors (Lipinski definition) is 5. The number of aryl methyl sites for hydroxylation is 1. The van der Waals surface area contributed by atoms with Gasteiger partial charge in [0.05, 0.1) is 24.4 Å². The molecule has 0 aliphatic carbocycles. The Bertz CT molecular complexity index is 1200. The summed E-state index contributed by atoms with van der Waals surface area (Å²) in [5, 5.41) is 11.2. The lowest BCUT2D eigenvalue weighted by Crippen LogP contribution is -2.29. The van der Waals surface area contributed by atoms with Gasteiger partial charge in [0.1, 0.15) is 11.5 Å². The van der Waals surface area contributed by atoms with Gasteiger partial charge in [-0.15, -0.1) is 0 Å². The molecule has 1 unspecified atom stereocenters. The summed E-state index contributed by atoms with van der Waals surface area (Å²) in [7, 11) is 3.88. The van der Waals surface area contributed by atoms with Crippen molar-refractivity contribution >= 4 is 39.1 Å². The third-order valence-electron chi connectivity index (χ3n) is 5.60. The number of rotatable bonds is 5. The van der Waals surface area contributed by atoms with Crippen LogP contribution in [0.4, 0.5) is 5.69 Å². The second kappa shape index (κ2) is 8.67. The number of hydrogen-bond donors (Lipinski definition) is 1. The zero-order valence-corrected chi connectivity index (χ0v) is 19.6. The van der Waals surface area contributed by atoms with Crippen molar-refractivity contribution in [2.75, 3.05) is 19.0 Å². The van der Waals surface area contributed by atoms with Gasteiger partial charge >= 0.3 is 0 Å². The highest BCUT2D eigenvalue weighted by Gasteiger charge is 2.46. The van der Waals surface area contributed by atoms with Crippen LogP contribution < -0.4 is 4.90 Å². The van der Waals surface area contributed by atoms with Gasteiger partial charge in [0, 0.05) is 29.8 Å². The molecule has 1 saturated heterocycles. The van der Waals surface area contributed by atoms with Crippen LogP contribution in [0.25, 0.3) is 5.76 Å². The van der Waals surface area contributed by atoms with Gasteiger partial charge in [-0.2, -0.15) is 0 Å². The molecule has 2 aromatic carbocycles. The zero-order chi connectivity index (χ0) is 23.0. The van der Waals surface area contributed by atoms with Crippen LogP contribution in [0.5, 0.6) is 0 Å². The van der Waals surface area contributed by atoms with Crippen molar-refractivity contribution in [3.8, 4) is 0 Å². The number of aliphatic hydroxyl groups is 1. The van der Waals surface area contributed by atoms with E-state index in [1.54, 1.807) is 24.3 Å². The second-order valence-corrected chi connectivity index (χ2v) is 8.81. The Morgan fingerprint density at radius 3 is 2.44 bits per heavy atom. The average Bonchev–Trinajstić information content (AvgIpc) is 3.37. The van der Waals surface area contributed by atoms with Gasteiger partial charge in [-0.3, -0.25) is 9.59 Å². The van der Waals surface area contributed by atoms with Crippen LogP contribution >= 0.6 is 15.9 Å². The minimum Gasteiger partial charge on any atom is -0.507 e. The fraction of sp³-hybridized carbons (Fsp3) is 0.200. The molecule has 0 bridgehead atoms. The minimum absolute atomic E-state index is 0.0703. The molecule has 1 aliphatic heterocycles. The molecule has 1 aromatic heterocycles. The van der Waals surface area contributed by atoms with E-state index in [0.29, 0.717) is 11.3 Å². The lowest BCUT2D eigenvalue weighted by molar-refractivity contribution is -0.140. The predicted molar refractivity (Wildman–Crippen MR) is 126 cm³/mol. The molecule has 6 nitrogen and oxygen atoms in total. The highest BCUT2D eigenvalue weighted by Crippen LogP contribution is 2.41. The van der Waals surface area contributed by atoms with E-state index in [1.807, 2.05) is 56.3 Å². The first-order chi connectivity index (χ1) is 15.3. The fourth-order valence-electron chi connectivity index (χ4n) is 3.86. The topological polar surface area (TPSA) is 74.0 Å². The molecule has 4 rings (SSSR count). The molecule has 3 aromatic rings. The van der Waals surface area contributed by atoms with E-state index in [4.69, 9.17) is 4.42 Å². The largest absolute Gasteiger partial charge is 0.507 e. The molecule has 0 radical (unpaired) electrons. The van der Waals surface area contributed by atoms with Crippen molar-refractivity contribution in [2.45, 2.75) is 19.5 Å². The van der Waals surface area contributed by atoms with Crippen molar-refractivity contribution < 1.29 is 19.1 Å². The summed E-state index contributed by atoms with van der Waals surface area (Å²) >= 11 is 3.45. The lowest BCUT2D eigenvalue weighted by Gasteiger charge is -2.25. The smallest absolute Gasteiger partial charge is 0.296 e. The Kier molecular flexibility index (Phi) is 5.93. The molecular weight excluding hydrogens is 472 g/mol. The maximum absolute atomic E-state index is 13.1. The summed E-state index contributed by atoms with van der Waals surface area (Å²) in [5.74, 6) is -1.02. The maximum atomic E-state index is 13.1. The molecule has 32 heavy (non-hydrogen) atoms. The molecule has 1 N–H and O–H groups in total. The first kappa shape index (κ1) is 21.9. The molecule has 1 atom stereocenters. The van der Waals surface area contributed by atoms with Crippen LogP contribution in [-0.4, -0.2) is 35.8 Å². The van der Waals surface area contributed by atoms with Crippen molar-refractivity contribution in [3.05, 3.63) is 93.4 Å². The Hall–Kier alpha value is -3.32. The van der Waals surface area contributed by atoms with Crippen LogP contribution in [0.3, 0.4) is 0 Å². The molecule has 1 fully saturated rings.